The molecule has 0 amide bonds. The Labute approximate surface area is 79.4 Å². The summed E-state index contributed by atoms with van der Waals surface area (Å²) in [5.74, 6) is 0. The number of nitrogens with zero attached hydrogens (tertiary/aromatic N) is 2. The number of hydrogen-bond donors (Lipinski definition) is 1. The van der Waals surface area contributed by atoms with Gasteiger partial charge in [0.15, 0.2) is 0 Å². The molecule has 0 saturated heterocycles. The Morgan fingerprint density at radius 2 is 2.33 bits per heavy atom. The molecular formula is C7H3ClN2OS. The van der Waals surface area contributed by atoms with Crippen molar-refractivity contribution in [2.75, 3.05) is 0 Å². The molecule has 0 N–H and O–H groups in total. The van der Waals surface area contributed by atoms with Crippen molar-refractivity contribution in [2.24, 2.45) is 0 Å². The summed E-state index contributed by atoms with van der Waals surface area (Å²) in [6.07, 6.45) is 0. The fourth-order valence-corrected chi connectivity index (χ4v) is 1.09. The van der Waals surface area contributed by atoms with Gasteiger partial charge in [-0.1, -0.05) is 0 Å². The Balaban J connectivity index is 3.28. The lowest BCUT2D eigenvalue weighted by Gasteiger charge is -1.96. The lowest BCUT2D eigenvalue weighted by molar-refractivity contribution is 0.107. The normalized spacial score (nSPS) is 9.08. The van der Waals surface area contributed by atoms with Crippen molar-refractivity contribution in [1.29, 1.82) is 5.26 Å². The lowest BCUT2D eigenvalue weighted by Crippen LogP contribution is -1.97. The van der Waals surface area contributed by atoms with Crippen LogP contribution in [0.1, 0.15) is 16.2 Å². The van der Waals surface area contributed by atoms with Crippen molar-refractivity contribution in [1.82, 2.24) is 4.98 Å². The molecule has 1 heterocycles. The summed E-state index contributed by atoms with van der Waals surface area (Å²) in [5.41, 5.74) is 0.163. The number of nitriles is 1. The summed E-state index contributed by atoms with van der Waals surface area (Å²) < 4.78 is 0. The molecule has 0 atom stereocenters. The van der Waals surface area contributed by atoms with Crippen molar-refractivity contribution in [3.05, 3.63) is 23.5 Å². The lowest BCUT2D eigenvalue weighted by atomic mass is 10.3. The van der Waals surface area contributed by atoms with Crippen LogP contribution in [0.4, 0.5) is 0 Å². The van der Waals surface area contributed by atoms with Crippen LogP contribution >= 0.6 is 24.2 Å². The van der Waals surface area contributed by atoms with E-state index in [1.54, 1.807) is 6.07 Å². The van der Waals surface area contributed by atoms with Crippen LogP contribution in [0.3, 0.4) is 0 Å². The van der Waals surface area contributed by atoms with Gasteiger partial charge in [-0.2, -0.15) is 5.26 Å². The van der Waals surface area contributed by atoms with Crippen molar-refractivity contribution in [2.45, 2.75) is 4.90 Å². The summed E-state index contributed by atoms with van der Waals surface area (Å²) in [4.78, 5) is 14.7. The van der Waals surface area contributed by atoms with Gasteiger partial charge in [0.2, 0.25) is 0 Å². The van der Waals surface area contributed by atoms with Gasteiger partial charge in [0.1, 0.15) is 17.5 Å². The van der Waals surface area contributed by atoms with Gasteiger partial charge in [-0.3, -0.25) is 4.79 Å². The van der Waals surface area contributed by atoms with Crippen LogP contribution in [-0.2, 0) is 0 Å². The minimum atomic E-state index is -0.711. The van der Waals surface area contributed by atoms with Crippen molar-refractivity contribution < 1.29 is 4.79 Å². The molecule has 0 spiro atoms. The Hall–Kier alpha value is -1.05. The highest BCUT2D eigenvalue weighted by atomic mass is 35.5. The number of hydrogen-bond acceptors (Lipinski definition) is 4. The van der Waals surface area contributed by atoms with Gasteiger partial charge < -0.3 is 0 Å². The third-order valence-corrected chi connectivity index (χ3v) is 1.71. The molecule has 3 nitrogen and oxygen atoms in total. The molecule has 60 valence electrons. The molecule has 0 aliphatic carbocycles. The molecule has 1 rings (SSSR count). The first-order valence-corrected chi connectivity index (χ1v) is 3.77. The Morgan fingerprint density at radius 3 is 2.83 bits per heavy atom. The molecule has 0 saturated carbocycles. The van der Waals surface area contributed by atoms with Crippen LogP contribution in [0.15, 0.2) is 17.0 Å². The van der Waals surface area contributed by atoms with Gasteiger partial charge in [-0.25, -0.2) is 4.98 Å². The third kappa shape index (κ3) is 1.76. The quantitative estimate of drug-likeness (QED) is 0.551. The zero-order valence-corrected chi connectivity index (χ0v) is 7.43. The maximum Gasteiger partial charge on any atom is 0.272 e. The van der Waals surface area contributed by atoms with E-state index >= 15 is 0 Å². The summed E-state index contributed by atoms with van der Waals surface area (Å²) in [6, 6.07) is 4.76. The zero-order chi connectivity index (χ0) is 9.14. The minimum Gasteiger partial charge on any atom is -0.274 e. The minimum absolute atomic E-state index is 0.0130. The molecule has 0 aliphatic heterocycles. The van der Waals surface area contributed by atoms with E-state index < -0.39 is 5.24 Å². The molecule has 5 heteroatoms. The maximum atomic E-state index is 10.7. The fourth-order valence-electron chi connectivity index (χ4n) is 0.659. The van der Waals surface area contributed by atoms with Crippen LogP contribution in [0.2, 0.25) is 0 Å². The summed E-state index contributed by atoms with van der Waals surface area (Å²) in [7, 11) is 0. The molecule has 0 fully saturated rings. The van der Waals surface area contributed by atoms with Crippen LogP contribution in [0.25, 0.3) is 0 Å². The molecule has 0 unspecified atom stereocenters. The smallest absolute Gasteiger partial charge is 0.272 e. The van der Waals surface area contributed by atoms with E-state index in [4.69, 9.17) is 16.9 Å². The largest absolute Gasteiger partial charge is 0.274 e. The van der Waals surface area contributed by atoms with Gasteiger partial charge in [0, 0.05) is 4.90 Å². The molecule has 12 heavy (non-hydrogen) atoms. The number of carbonyl (C=O) groups excluding carboxylic acids is 1. The number of rotatable bonds is 1. The molecule has 0 aromatic carbocycles. The molecular weight excluding hydrogens is 196 g/mol. The van der Waals surface area contributed by atoms with E-state index in [0.717, 1.165) is 0 Å². The number of aromatic nitrogens is 1. The Morgan fingerprint density at radius 1 is 1.67 bits per heavy atom. The first kappa shape index (κ1) is 9.04. The Bertz CT molecular complexity index is 372. The molecule has 1 aromatic rings. The molecule has 0 radical (unpaired) electrons. The van der Waals surface area contributed by atoms with Crippen LogP contribution in [0.5, 0.6) is 0 Å². The van der Waals surface area contributed by atoms with E-state index in [0.29, 0.717) is 4.90 Å². The predicted molar refractivity (Wildman–Crippen MR) is 46.4 cm³/mol. The van der Waals surface area contributed by atoms with Gasteiger partial charge in [0.25, 0.3) is 5.24 Å². The number of pyridine rings is 1. The van der Waals surface area contributed by atoms with Crippen molar-refractivity contribution in [3.63, 3.8) is 0 Å². The third-order valence-electron chi connectivity index (χ3n) is 1.17. The number of halogens is 1. The van der Waals surface area contributed by atoms with Crippen molar-refractivity contribution >= 4 is 29.5 Å². The van der Waals surface area contributed by atoms with E-state index in [-0.39, 0.29) is 11.4 Å². The number of thiol groups is 1. The molecule has 0 aliphatic rings. The SMILES string of the molecule is N#Cc1ccc(S)c(C(=O)Cl)n1. The highest BCUT2D eigenvalue weighted by Gasteiger charge is 2.08. The first-order valence-electron chi connectivity index (χ1n) is 2.95. The van der Waals surface area contributed by atoms with Crippen molar-refractivity contribution in [3.8, 4) is 6.07 Å². The summed E-state index contributed by atoms with van der Waals surface area (Å²) in [6.45, 7) is 0. The average Bonchev–Trinajstić information content (AvgIpc) is 2.05. The van der Waals surface area contributed by atoms with Crippen LogP contribution in [-0.4, -0.2) is 10.2 Å². The first-order chi connectivity index (χ1) is 5.65. The average molecular weight is 199 g/mol. The standard InChI is InChI=1S/C7H3ClN2OS/c8-7(11)6-5(12)2-1-4(3-9)10-6/h1-2,12H. The van der Waals surface area contributed by atoms with Gasteiger partial charge in [0.05, 0.1) is 0 Å². The predicted octanol–water partition coefficient (Wildman–Crippen LogP) is 1.62. The zero-order valence-electron chi connectivity index (χ0n) is 5.78. The van der Waals surface area contributed by atoms with E-state index in [9.17, 15) is 4.79 Å². The van der Waals surface area contributed by atoms with Gasteiger partial charge in [-0.05, 0) is 23.7 Å². The highest BCUT2D eigenvalue weighted by Crippen LogP contribution is 2.13. The van der Waals surface area contributed by atoms with E-state index in [1.165, 1.54) is 12.1 Å². The van der Waals surface area contributed by atoms with E-state index in [2.05, 4.69) is 17.6 Å². The highest BCUT2D eigenvalue weighted by molar-refractivity contribution is 7.80. The monoisotopic (exact) mass is 198 g/mol. The van der Waals surface area contributed by atoms with Gasteiger partial charge >= 0.3 is 0 Å². The second-order valence-electron chi connectivity index (χ2n) is 1.95. The Kier molecular flexibility index (Phi) is 2.69. The summed E-state index contributed by atoms with van der Waals surface area (Å²) >= 11 is 9.12. The van der Waals surface area contributed by atoms with Crippen LogP contribution < -0.4 is 0 Å². The molecule has 1 aromatic heterocycles. The van der Waals surface area contributed by atoms with E-state index in [1.807, 2.05) is 0 Å². The fraction of sp³-hybridized carbons (Fsp3) is 0. The topological polar surface area (TPSA) is 53.8 Å². The van der Waals surface area contributed by atoms with Gasteiger partial charge in [-0.15, -0.1) is 12.6 Å². The maximum absolute atomic E-state index is 10.7. The summed E-state index contributed by atoms with van der Waals surface area (Å²) in [5, 5.41) is 7.73. The second-order valence-corrected chi connectivity index (χ2v) is 2.77. The van der Waals surface area contributed by atoms with Crippen LogP contribution in [0, 0.1) is 11.3 Å². The molecule has 0 bridgehead atoms. The second kappa shape index (κ2) is 3.57. The number of carbonyl (C=O) groups is 1.